The summed E-state index contributed by atoms with van der Waals surface area (Å²) in [6.45, 7) is 4.08. The molecule has 0 spiro atoms. The van der Waals surface area contributed by atoms with Gasteiger partial charge >= 0.3 is 0 Å². The molecule has 2 rings (SSSR count). The van der Waals surface area contributed by atoms with Crippen LogP contribution in [0.25, 0.3) is 0 Å². The number of hydrogen-bond donors (Lipinski definition) is 1. The van der Waals surface area contributed by atoms with E-state index in [1.54, 1.807) is 22.7 Å². The summed E-state index contributed by atoms with van der Waals surface area (Å²) in [6.07, 6.45) is -0.509. The Hall–Kier alpha value is 0.320. The van der Waals surface area contributed by atoms with Crippen LogP contribution >= 0.6 is 54.5 Å². The third kappa shape index (κ3) is 2.43. The quantitative estimate of drug-likeness (QED) is 0.772. The van der Waals surface area contributed by atoms with Gasteiger partial charge in [0.15, 0.2) is 0 Å². The van der Waals surface area contributed by atoms with Crippen molar-refractivity contribution in [3.8, 4) is 0 Å². The number of aliphatic hydroxyl groups is 1. The van der Waals surface area contributed by atoms with E-state index in [1.165, 1.54) is 10.4 Å². The van der Waals surface area contributed by atoms with E-state index in [1.807, 2.05) is 26.0 Å². The zero-order valence-corrected chi connectivity index (χ0v) is 13.6. The van der Waals surface area contributed by atoms with Gasteiger partial charge in [-0.15, -0.1) is 22.7 Å². The molecule has 0 aliphatic heterocycles. The van der Waals surface area contributed by atoms with Gasteiger partial charge in [0.1, 0.15) is 6.10 Å². The van der Waals surface area contributed by atoms with Gasteiger partial charge in [0, 0.05) is 19.1 Å². The second-order valence-corrected chi connectivity index (χ2v) is 8.10. The second kappa shape index (κ2) is 4.90. The molecule has 0 radical (unpaired) electrons. The van der Waals surface area contributed by atoms with E-state index < -0.39 is 6.10 Å². The lowest BCUT2D eigenvalue weighted by Gasteiger charge is -2.04. The summed E-state index contributed by atoms with van der Waals surface area (Å²) in [7, 11) is 0. The number of halogens is 2. The van der Waals surface area contributed by atoms with Crippen LogP contribution in [-0.2, 0) is 0 Å². The maximum absolute atomic E-state index is 10.2. The van der Waals surface area contributed by atoms with Crippen LogP contribution in [-0.4, -0.2) is 5.11 Å². The highest BCUT2D eigenvalue weighted by Gasteiger charge is 2.17. The Bertz CT molecular complexity index is 431. The lowest BCUT2D eigenvalue weighted by Crippen LogP contribution is -1.92. The zero-order chi connectivity index (χ0) is 11.9. The molecule has 0 saturated heterocycles. The minimum absolute atomic E-state index is 0.509. The summed E-state index contributed by atoms with van der Waals surface area (Å²) in [5.74, 6) is 0. The van der Waals surface area contributed by atoms with E-state index in [-0.39, 0.29) is 0 Å². The average molecular weight is 382 g/mol. The van der Waals surface area contributed by atoms with Gasteiger partial charge in [-0.2, -0.15) is 0 Å². The molecule has 0 aliphatic rings. The van der Waals surface area contributed by atoms with Crippen molar-refractivity contribution in [3.63, 3.8) is 0 Å². The van der Waals surface area contributed by atoms with Crippen molar-refractivity contribution >= 4 is 54.5 Å². The van der Waals surface area contributed by atoms with Gasteiger partial charge in [-0.25, -0.2) is 0 Å². The first kappa shape index (κ1) is 12.8. The van der Waals surface area contributed by atoms with Gasteiger partial charge in [0.2, 0.25) is 0 Å². The molecule has 1 nitrogen and oxygen atoms in total. The Morgan fingerprint density at radius 3 is 2.19 bits per heavy atom. The van der Waals surface area contributed by atoms with Crippen molar-refractivity contribution in [2.75, 3.05) is 0 Å². The second-order valence-electron chi connectivity index (χ2n) is 3.56. The lowest BCUT2D eigenvalue weighted by molar-refractivity contribution is 0.228. The Kier molecular flexibility index (Phi) is 3.91. The molecule has 0 amide bonds. The summed E-state index contributed by atoms with van der Waals surface area (Å²) in [5, 5.41) is 10.2. The van der Waals surface area contributed by atoms with Gasteiger partial charge in [0.25, 0.3) is 0 Å². The predicted octanol–water partition coefficient (Wildman–Crippen LogP) is 5.03. The van der Waals surface area contributed by atoms with Crippen molar-refractivity contribution in [1.82, 2.24) is 0 Å². The molecule has 86 valence electrons. The summed E-state index contributed by atoms with van der Waals surface area (Å²) in [4.78, 5) is 3.16. The van der Waals surface area contributed by atoms with E-state index in [2.05, 4.69) is 31.9 Å². The van der Waals surface area contributed by atoms with E-state index in [0.29, 0.717) is 0 Å². The van der Waals surface area contributed by atoms with Crippen LogP contribution in [0.1, 0.15) is 26.3 Å². The van der Waals surface area contributed by atoms with Gasteiger partial charge in [0.05, 0.1) is 3.79 Å². The fourth-order valence-electron chi connectivity index (χ4n) is 1.37. The molecule has 5 heteroatoms. The van der Waals surface area contributed by atoms with Crippen LogP contribution < -0.4 is 0 Å². The maximum atomic E-state index is 10.2. The minimum atomic E-state index is -0.509. The first-order chi connectivity index (χ1) is 7.49. The van der Waals surface area contributed by atoms with E-state index >= 15 is 0 Å². The van der Waals surface area contributed by atoms with Crippen molar-refractivity contribution in [2.45, 2.75) is 20.0 Å². The maximum Gasteiger partial charge on any atom is 0.122 e. The molecule has 16 heavy (non-hydrogen) atoms. The Balaban J connectivity index is 2.34. The van der Waals surface area contributed by atoms with Gasteiger partial charge in [-0.1, -0.05) is 0 Å². The Labute approximate surface area is 119 Å². The van der Waals surface area contributed by atoms with Crippen molar-refractivity contribution < 1.29 is 5.11 Å². The first-order valence-electron chi connectivity index (χ1n) is 4.68. The topological polar surface area (TPSA) is 20.2 Å². The van der Waals surface area contributed by atoms with Gasteiger partial charge < -0.3 is 5.11 Å². The molecule has 0 aliphatic carbocycles. The Morgan fingerprint density at radius 1 is 1.12 bits per heavy atom. The molecular formula is C11H10Br2OS2. The molecular weight excluding hydrogens is 372 g/mol. The molecule has 1 atom stereocenters. The third-order valence-corrected chi connectivity index (χ3v) is 6.67. The fourth-order valence-corrected chi connectivity index (χ4v) is 4.59. The third-order valence-electron chi connectivity index (χ3n) is 2.29. The van der Waals surface area contributed by atoms with Crippen molar-refractivity contribution in [1.29, 1.82) is 0 Å². The largest absolute Gasteiger partial charge is 0.382 e. The van der Waals surface area contributed by atoms with E-state index in [9.17, 15) is 5.11 Å². The smallest absolute Gasteiger partial charge is 0.122 e. The summed E-state index contributed by atoms with van der Waals surface area (Å²) >= 11 is 10.2. The summed E-state index contributed by atoms with van der Waals surface area (Å²) in [5.41, 5.74) is 1.17. The average Bonchev–Trinajstić information content (AvgIpc) is 2.72. The van der Waals surface area contributed by atoms with Crippen LogP contribution in [0.4, 0.5) is 0 Å². The number of aliphatic hydroxyl groups excluding tert-OH is 1. The molecule has 0 saturated carbocycles. The molecule has 0 aromatic carbocycles. The highest BCUT2D eigenvalue weighted by molar-refractivity contribution is 9.11. The predicted molar refractivity (Wildman–Crippen MR) is 77.6 cm³/mol. The monoisotopic (exact) mass is 380 g/mol. The standard InChI is InChI=1S/C11H10Br2OS2/c1-5-3-8(16-11(5)13)10(14)9-4-7(12)6(2)15-9/h3-4,10,14H,1-2H3. The van der Waals surface area contributed by atoms with Crippen LogP contribution in [0.2, 0.25) is 0 Å². The van der Waals surface area contributed by atoms with Crippen LogP contribution in [0.15, 0.2) is 20.4 Å². The fraction of sp³-hybridized carbons (Fsp3) is 0.273. The molecule has 0 bridgehead atoms. The lowest BCUT2D eigenvalue weighted by atomic mass is 10.2. The zero-order valence-electron chi connectivity index (χ0n) is 8.75. The molecule has 2 aromatic rings. The normalized spacial score (nSPS) is 13.1. The number of aryl methyl sites for hydroxylation is 2. The first-order valence-corrected chi connectivity index (χ1v) is 7.90. The molecule has 2 aromatic heterocycles. The van der Waals surface area contributed by atoms with Crippen LogP contribution in [0, 0.1) is 13.8 Å². The highest BCUT2D eigenvalue weighted by Crippen LogP contribution is 2.38. The van der Waals surface area contributed by atoms with Gasteiger partial charge in [-0.05, 0) is 63.4 Å². The van der Waals surface area contributed by atoms with Crippen LogP contribution in [0.5, 0.6) is 0 Å². The number of thiophene rings is 2. The summed E-state index contributed by atoms with van der Waals surface area (Å²) < 4.78 is 2.16. The SMILES string of the molecule is Cc1cc(C(O)c2cc(Br)c(C)s2)sc1Br. The highest BCUT2D eigenvalue weighted by atomic mass is 79.9. The van der Waals surface area contributed by atoms with Crippen molar-refractivity contribution in [2.24, 2.45) is 0 Å². The molecule has 2 heterocycles. The number of rotatable bonds is 2. The van der Waals surface area contributed by atoms with Gasteiger partial charge in [-0.3, -0.25) is 0 Å². The summed E-state index contributed by atoms with van der Waals surface area (Å²) in [6, 6.07) is 4.02. The Morgan fingerprint density at radius 2 is 1.75 bits per heavy atom. The van der Waals surface area contributed by atoms with Crippen LogP contribution in [0.3, 0.4) is 0 Å². The number of hydrogen-bond acceptors (Lipinski definition) is 3. The molecule has 0 fully saturated rings. The minimum Gasteiger partial charge on any atom is -0.382 e. The molecule has 1 N–H and O–H groups in total. The van der Waals surface area contributed by atoms with E-state index in [0.717, 1.165) is 18.0 Å². The van der Waals surface area contributed by atoms with E-state index in [4.69, 9.17) is 0 Å². The van der Waals surface area contributed by atoms with Crippen molar-refractivity contribution in [3.05, 3.63) is 40.6 Å². The molecule has 1 unspecified atom stereocenters.